The molecule has 0 spiro atoms. The molecule has 0 bridgehead atoms. The van der Waals surface area contributed by atoms with Gasteiger partial charge in [-0.25, -0.2) is 18.7 Å². The molecule has 0 amide bonds. The van der Waals surface area contributed by atoms with Crippen molar-refractivity contribution in [1.29, 1.82) is 0 Å². The van der Waals surface area contributed by atoms with Crippen LogP contribution in [-0.4, -0.2) is 34.1 Å². The molecule has 0 aliphatic carbocycles. The highest BCUT2D eigenvalue weighted by Gasteiger charge is 2.21. The minimum atomic E-state index is -0.904. The number of hydrogen-bond donors (Lipinski definition) is 1. The Morgan fingerprint density at radius 1 is 1.12 bits per heavy atom. The molecule has 2 aromatic heterocycles. The first-order valence-corrected chi connectivity index (χ1v) is 9.02. The number of aromatic nitrogens is 3. The molecule has 1 fully saturated rings. The summed E-state index contributed by atoms with van der Waals surface area (Å²) in [7, 11) is 0. The van der Waals surface area contributed by atoms with Crippen molar-refractivity contribution in [3.63, 3.8) is 0 Å². The Hall–Kier alpha value is -2.35. The van der Waals surface area contributed by atoms with Gasteiger partial charge in [0, 0.05) is 36.6 Å². The second-order valence-electron chi connectivity index (χ2n) is 6.18. The molecule has 4 rings (SSSR count). The smallest absolute Gasteiger partial charge is 0.183 e. The van der Waals surface area contributed by atoms with Gasteiger partial charge in [-0.05, 0) is 19.8 Å². The van der Waals surface area contributed by atoms with Crippen LogP contribution in [0.15, 0.2) is 23.7 Å². The quantitative estimate of drug-likeness (QED) is 0.770. The highest BCUT2D eigenvalue weighted by atomic mass is 32.1. The standard InChI is InChI=1S/C17H17F2N5S/c1-10-9-25-17(21-10)22-11-2-4-24(5-3-11)16-8-20-14-6-12(18)13(19)7-15(14)23-16/h6-9,11H,2-5H2,1H3,(H,21,22). The minimum Gasteiger partial charge on any atom is -0.359 e. The Kier molecular flexibility index (Phi) is 4.20. The molecule has 0 unspecified atom stereocenters. The van der Waals surface area contributed by atoms with Crippen molar-refractivity contribution in [3.8, 4) is 0 Å². The number of aryl methyl sites for hydroxylation is 1. The van der Waals surface area contributed by atoms with E-state index in [2.05, 4.69) is 25.2 Å². The van der Waals surface area contributed by atoms with Crippen LogP contribution in [0.25, 0.3) is 11.0 Å². The first-order valence-electron chi connectivity index (χ1n) is 8.14. The molecule has 0 saturated carbocycles. The number of piperidine rings is 1. The molecule has 1 aliphatic rings. The van der Waals surface area contributed by atoms with Gasteiger partial charge < -0.3 is 10.2 Å². The third-order valence-corrected chi connectivity index (χ3v) is 5.23. The zero-order valence-corrected chi connectivity index (χ0v) is 14.5. The normalized spacial score (nSPS) is 15.7. The van der Waals surface area contributed by atoms with E-state index in [4.69, 9.17) is 0 Å². The number of anilines is 2. The van der Waals surface area contributed by atoms with Crippen LogP contribution in [-0.2, 0) is 0 Å². The van der Waals surface area contributed by atoms with E-state index in [1.807, 2.05) is 12.3 Å². The zero-order chi connectivity index (χ0) is 17.4. The average molecular weight is 361 g/mol. The third-order valence-electron chi connectivity index (χ3n) is 4.34. The van der Waals surface area contributed by atoms with E-state index in [1.165, 1.54) is 0 Å². The lowest BCUT2D eigenvalue weighted by molar-refractivity contribution is 0.510. The summed E-state index contributed by atoms with van der Waals surface area (Å²) in [6.45, 7) is 3.63. The molecule has 3 aromatic rings. The highest BCUT2D eigenvalue weighted by Crippen LogP contribution is 2.24. The van der Waals surface area contributed by atoms with Gasteiger partial charge in [0.15, 0.2) is 16.8 Å². The fourth-order valence-corrected chi connectivity index (χ4v) is 3.76. The summed E-state index contributed by atoms with van der Waals surface area (Å²) in [4.78, 5) is 15.2. The Bertz CT molecular complexity index is 905. The SMILES string of the molecule is Cc1csc(NC2CCN(c3cnc4cc(F)c(F)cc4n3)CC2)n1. The predicted octanol–water partition coefficient (Wildman–Crippen LogP) is 3.75. The Morgan fingerprint density at radius 3 is 2.52 bits per heavy atom. The van der Waals surface area contributed by atoms with Crippen molar-refractivity contribution in [1.82, 2.24) is 15.0 Å². The molecule has 1 N–H and O–H groups in total. The summed E-state index contributed by atoms with van der Waals surface area (Å²) >= 11 is 1.62. The van der Waals surface area contributed by atoms with Crippen LogP contribution < -0.4 is 10.2 Å². The van der Waals surface area contributed by atoms with Gasteiger partial charge in [0.25, 0.3) is 0 Å². The lowest BCUT2D eigenvalue weighted by atomic mass is 10.1. The van der Waals surface area contributed by atoms with Crippen LogP contribution in [0.4, 0.5) is 19.7 Å². The number of nitrogens with zero attached hydrogens (tertiary/aromatic N) is 4. The fraction of sp³-hybridized carbons (Fsp3) is 0.353. The molecule has 25 heavy (non-hydrogen) atoms. The molecular formula is C17H17F2N5S. The first kappa shape index (κ1) is 16.1. The monoisotopic (exact) mass is 361 g/mol. The molecule has 3 heterocycles. The molecule has 8 heteroatoms. The zero-order valence-electron chi connectivity index (χ0n) is 13.7. The van der Waals surface area contributed by atoms with Crippen molar-refractivity contribution < 1.29 is 8.78 Å². The van der Waals surface area contributed by atoms with Crippen molar-refractivity contribution in [2.75, 3.05) is 23.3 Å². The van der Waals surface area contributed by atoms with Crippen molar-refractivity contribution >= 4 is 33.3 Å². The molecule has 130 valence electrons. The van der Waals surface area contributed by atoms with Crippen LogP contribution in [0.1, 0.15) is 18.5 Å². The summed E-state index contributed by atoms with van der Waals surface area (Å²) in [5.41, 5.74) is 1.76. The Balaban J connectivity index is 1.45. The van der Waals surface area contributed by atoms with Gasteiger partial charge in [0.05, 0.1) is 22.9 Å². The second kappa shape index (κ2) is 6.51. The summed E-state index contributed by atoms with van der Waals surface area (Å²) in [5, 5.41) is 6.46. The summed E-state index contributed by atoms with van der Waals surface area (Å²) < 4.78 is 26.7. The van der Waals surface area contributed by atoms with Crippen LogP contribution in [0.3, 0.4) is 0 Å². The van der Waals surface area contributed by atoms with Crippen LogP contribution in [0, 0.1) is 18.6 Å². The number of benzene rings is 1. The van der Waals surface area contributed by atoms with Crippen LogP contribution in [0.5, 0.6) is 0 Å². The highest BCUT2D eigenvalue weighted by molar-refractivity contribution is 7.13. The summed E-state index contributed by atoms with van der Waals surface area (Å²) in [6.07, 6.45) is 3.53. The molecule has 0 atom stereocenters. The van der Waals surface area contributed by atoms with Crippen molar-refractivity contribution in [3.05, 3.63) is 41.0 Å². The molecule has 1 aliphatic heterocycles. The molecule has 0 radical (unpaired) electrons. The number of thiazole rings is 1. The van der Waals surface area contributed by atoms with Crippen LogP contribution >= 0.6 is 11.3 Å². The minimum absolute atomic E-state index is 0.360. The predicted molar refractivity (Wildman–Crippen MR) is 95.2 cm³/mol. The van der Waals surface area contributed by atoms with Crippen molar-refractivity contribution in [2.24, 2.45) is 0 Å². The van der Waals surface area contributed by atoms with E-state index in [0.717, 1.165) is 48.9 Å². The van der Waals surface area contributed by atoms with E-state index in [1.54, 1.807) is 17.5 Å². The fourth-order valence-electron chi connectivity index (χ4n) is 3.00. The Labute approximate surface area is 147 Å². The Morgan fingerprint density at radius 2 is 1.84 bits per heavy atom. The lowest BCUT2D eigenvalue weighted by Gasteiger charge is -2.33. The van der Waals surface area contributed by atoms with Gasteiger partial charge in [0.2, 0.25) is 0 Å². The van der Waals surface area contributed by atoms with Gasteiger partial charge in [-0.2, -0.15) is 0 Å². The summed E-state index contributed by atoms with van der Waals surface area (Å²) in [5.74, 6) is -1.11. The van der Waals surface area contributed by atoms with Gasteiger partial charge in [-0.15, -0.1) is 11.3 Å². The van der Waals surface area contributed by atoms with E-state index in [9.17, 15) is 8.78 Å². The van der Waals surface area contributed by atoms with Crippen molar-refractivity contribution in [2.45, 2.75) is 25.8 Å². The number of hydrogen-bond acceptors (Lipinski definition) is 6. The van der Waals surface area contributed by atoms with Gasteiger partial charge in [-0.3, -0.25) is 4.98 Å². The first-order chi connectivity index (χ1) is 12.1. The number of nitrogens with one attached hydrogen (secondary N) is 1. The third kappa shape index (κ3) is 3.39. The molecular weight excluding hydrogens is 344 g/mol. The van der Waals surface area contributed by atoms with E-state index in [0.29, 0.717) is 22.9 Å². The average Bonchev–Trinajstić information content (AvgIpc) is 3.01. The van der Waals surface area contributed by atoms with Crippen LogP contribution in [0.2, 0.25) is 0 Å². The second-order valence-corrected chi connectivity index (χ2v) is 7.04. The number of rotatable bonds is 3. The molecule has 1 saturated heterocycles. The molecule has 1 aromatic carbocycles. The van der Waals surface area contributed by atoms with E-state index >= 15 is 0 Å². The lowest BCUT2D eigenvalue weighted by Crippen LogP contribution is -2.39. The van der Waals surface area contributed by atoms with E-state index in [-0.39, 0.29) is 0 Å². The van der Waals surface area contributed by atoms with Gasteiger partial charge >= 0.3 is 0 Å². The largest absolute Gasteiger partial charge is 0.359 e. The number of fused-ring (bicyclic) bond motifs is 1. The van der Waals surface area contributed by atoms with Gasteiger partial charge in [-0.1, -0.05) is 0 Å². The maximum absolute atomic E-state index is 13.4. The van der Waals surface area contributed by atoms with Gasteiger partial charge in [0.1, 0.15) is 5.82 Å². The summed E-state index contributed by atoms with van der Waals surface area (Å²) in [6, 6.07) is 2.55. The number of halogens is 2. The maximum atomic E-state index is 13.4. The maximum Gasteiger partial charge on any atom is 0.183 e. The topological polar surface area (TPSA) is 53.9 Å². The van der Waals surface area contributed by atoms with E-state index < -0.39 is 11.6 Å². The molecule has 5 nitrogen and oxygen atoms in total.